The number of halogens is 5. The number of nitrogens with zero attached hydrogens (tertiary/aromatic N) is 5. The van der Waals surface area contributed by atoms with Crippen molar-refractivity contribution in [2.24, 2.45) is 11.8 Å². The molecule has 3 fully saturated rings. The lowest BCUT2D eigenvalue weighted by atomic mass is 10.0. The van der Waals surface area contributed by atoms with Crippen LogP contribution in [0.15, 0.2) is 18.3 Å². The number of fused-ring (bicyclic) bond motifs is 1. The third-order valence-corrected chi connectivity index (χ3v) is 7.85. The quantitative estimate of drug-likeness (QED) is 0.595. The van der Waals surface area contributed by atoms with Crippen LogP contribution in [0.1, 0.15) is 49.9 Å². The van der Waals surface area contributed by atoms with Crippen molar-refractivity contribution in [3.8, 4) is 11.3 Å². The van der Waals surface area contributed by atoms with Gasteiger partial charge < -0.3 is 5.73 Å². The van der Waals surface area contributed by atoms with E-state index in [1.54, 1.807) is 0 Å². The van der Waals surface area contributed by atoms with E-state index in [4.69, 9.17) is 5.73 Å². The SMILES string of the molecule is CC(C)n1nc(-c2cnc(N)c(C(F)(F)F)c2)cc1C1C2CC(N3CCN(CC(F)F)CC3)CC21. The Morgan fingerprint density at radius 1 is 1.06 bits per heavy atom. The van der Waals surface area contributed by atoms with Crippen molar-refractivity contribution in [2.75, 3.05) is 38.5 Å². The van der Waals surface area contributed by atoms with Crippen LogP contribution in [0.3, 0.4) is 0 Å². The van der Waals surface area contributed by atoms with Crippen LogP contribution in [0, 0.1) is 11.8 Å². The van der Waals surface area contributed by atoms with E-state index in [1.807, 2.05) is 29.5 Å². The lowest BCUT2D eigenvalue weighted by molar-refractivity contribution is -0.137. The van der Waals surface area contributed by atoms with Gasteiger partial charge in [-0.15, -0.1) is 0 Å². The predicted molar refractivity (Wildman–Crippen MR) is 122 cm³/mol. The minimum Gasteiger partial charge on any atom is -0.383 e. The summed E-state index contributed by atoms with van der Waals surface area (Å²) < 4.78 is 67.2. The first-order valence-corrected chi connectivity index (χ1v) is 12.2. The lowest BCUT2D eigenvalue weighted by Gasteiger charge is -2.38. The molecule has 0 bridgehead atoms. The zero-order chi connectivity index (χ0) is 25.1. The number of nitrogen functional groups attached to an aromatic ring is 1. The smallest absolute Gasteiger partial charge is 0.383 e. The van der Waals surface area contributed by atoms with Gasteiger partial charge in [0.15, 0.2) is 0 Å². The highest BCUT2D eigenvalue weighted by Crippen LogP contribution is 2.64. The van der Waals surface area contributed by atoms with E-state index in [-0.39, 0.29) is 12.6 Å². The second-order valence-electron chi connectivity index (χ2n) is 10.4. The van der Waals surface area contributed by atoms with Gasteiger partial charge in [-0.1, -0.05) is 0 Å². The standard InChI is InChI=1S/C24H31F5N6/c1-13(2)35-20(10-19(32-35)14-7-18(24(27,28)29)23(30)31-11-14)22-16-8-15(9-17(16)22)34-5-3-33(4-6-34)12-21(25)26/h7,10-11,13,15-17,21-22H,3-6,8-9,12H2,1-2H3,(H2,30,31). The molecule has 2 N–H and O–H groups in total. The van der Waals surface area contributed by atoms with E-state index >= 15 is 0 Å². The third-order valence-electron chi connectivity index (χ3n) is 7.85. The molecule has 192 valence electrons. The van der Waals surface area contributed by atoms with Gasteiger partial charge in [-0.2, -0.15) is 18.3 Å². The minimum absolute atomic E-state index is 0.0719. The number of hydrogen-bond donors (Lipinski definition) is 1. The number of hydrogen-bond acceptors (Lipinski definition) is 5. The molecule has 2 atom stereocenters. The van der Waals surface area contributed by atoms with E-state index in [1.165, 1.54) is 6.20 Å². The van der Waals surface area contributed by atoms with Gasteiger partial charge in [0, 0.05) is 61.6 Å². The number of rotatable bonds is 6. The Bertz CT molecular complexity index is 1050. The summed E-state index contributed by atoms with van der Waals surface area (Å²) >= 11 is 0. The fraction of sp³-hybridized carbons (Fsp3) is 0.667. The van der Waals surface area contributed by atoms with E-state index < -0.39 is 24.0 Å². The fourth-order valence-corrected chi connectivity index (χ4v) is 6.11. The highest BCUT2D eigenvalue weighted by molar-refractivity contribution is 5.63. The van der Waals surface area contributed by atoms with Gasteiger partial charge in [0.25, 0.3) is 6.43 Å². The Labute approximate surface area is 201 Å². The normalized spacial score (nSPS) is 27.7. The molecule has 0 radical (unpaired) electrons. The molecule has 35 heavy (non-hydrogen) atoms. The van der Waals surface area contributed by atoms with Crippen LogP contribution in [0.25, 0.3) is 11.3 Å². The average Bonchev–Trinajstić information content (AvgIpc) is 3.13. The summed E-state index contributed by atoms with van der Waals surface area (Å²) in [6, 6.07) is 3.48. The maximum Gasteiger partial charge on any atom is 0.419 e. The van der Waals surface area contributed by atoms with Crippen molar-refractivity contribution in [1.29, 1.82) is 0 Å². The maximum absolute atomic E-state index is 13.3. The topological polar surface area (TPSA) is 63.2 Å². The van der Waals surface area contributed by atoms with Crippen molar-refractivity contribution >= 4 is 5.82 Å². The monoisotopic (exact) mass is 498 g/mol. The van der Waals surface area contributed by atoms with Crippen molar-refractivity contribution in [3.63, 3.8) is 0 Å². The lowest BCUT2D eigenvalue weighted by Crippen LogP contribution is -2.51. The van der Waals surface area contributed by atoms with E-state index in [2.05, 4.69) is 15.0 Å². The van der Waals surface area contributed by atoms with Gasteiger partial charge in [0.2, 0.25) is 0 Å². The zero-order valence-electron chi connectivity index (χ0n) is 19.8. The molecule has 2 saturated carbocycles. The molecule has 0 spiro atoms. The highest BCUT2D eigenvalue weighted by atomic mass is 19.4. The Balaban J connectivity index is 1.28. The van der Waals surface area contributed by atoms with Crippen molar-refractivity contribution in [1.82, 2.24) is 24.6 Å². The number of alkyl halides is 5. The molecule has 0 aromatic carbocycles. The molecule has 2 unspecified atom stereocenters. The molecule has 11 heteroatoms. The van der Waals surface area contributed by atoms with Crippen LogP contribution in [0.5, 0.6) is 0 Å². The van der Waals surface area contributed by atoms with Crippen LogP contribution in [0.2, 0.25) is 0 Å². The second-order valence-corrected chi connectivity index (χ2v) is 10.4. The predicted octanol–water partition coefficient (Wildman–Crippen LogP) is 4.50. The van der Waals surface area contributed by atoms with E-state index in [9.17, 15) is 22.0 Å². The highest BCUT2D eigenvalue weighted by Gasteiger charge is 2.58. The Hall–Kier alpha value is -2.27. The van der Waals surface area contributed by atoms with Crippen molar-refractivity contribution in [2.45, 2.75) is 57.3 Å². The number of nitrogens with two attached hydrogens (primary N) is 1. The molecule has 1 aliphatic heterocycles. The van der Waals surface area contributed by atoms with Crippen LogP contribution in [-0.2, 0) is 6.18 Å². The fourth-order valence-electron chi connectivity index (χ4n) is 6.11. The third kappa shape index (κ3) is 4.76. The number of anilines is 1. The largest absolute Gasteiger partial charge is 0.419 e. The Morgan fingerprint density at radius 3 is 2.29 bits per heavy atom. The first-order valence-electron chi connectivity index (χ1n) is 12.2. The summed E-state index contributed by atoms with van der Waals surface area (Å²) in [4.78, 5) is 8.04. The van der Waals surface area contributed by atoms with Gasteiger partial charge in [-0.25, -0.2) is 13.8 Å². The first-order chi connectivity index (χ1) is 16.5. The molecule has 5 rings (SSSR count). The van der Waals surface area contributed by atoms with Crippen LogP contribution < -0.4 is 5.73 Å². The van der Waals surface area contributed by atoms with Crippen LogP contribution in [-0.4, -0.2) is 69.8 Å². The van der Waals surface area contributed by atoms with E-state index in [0.29, 0.717) is 48.1 Å². The van der Waals surface area contributed by atoms with Crippen LogP contribution in [0.4, 0.5) is 27.8 Å². The van der Waals surface area contributed by atoms with Gasteiger partial charge in [-0.3, -0.25) is 14.5 Å². The molecule has 0 amide bonds. The zero-order valence-corrected chi connectivity index (χ0v) is 19.8. The Kier molecular flexibility index (Phi) is 6.27. The molecule has 1 saturated heterocycles. The summed E-state index contributed by atoms with van der Waals surface area (Å²) in [7, 11) is 0. The van der Waals surface area contributed by atoms with E-state index in [0.717, 1.165) is 37.7 Å². The molecule has 2 aromatic rings. The maximum atomic E-state index is 13.3. The Morgan fingerprint density at radius 2 is 1.71 bits per heavy atom. The first kappa shape index (κ1) is 24.4. The summed E-state index contributed by atoms with van der Waals surface area (Å²) in [5, 5.41) is 4.65. The molecular weight excluding hydrogens is 467 g/mol. The molecule has 2 aromatic heterocycles. The molecule has 3 aliphatic rings. The molecule has 3 heterocycles. The number of piperazine rings is 1. The summed E-state index contributed by atoms with van der Waals surface area (Å²) in [5.41, 5.74) is 6.36. The van der Waals surface area contributed by atoms with Gasteiger partial charge in [0.05, 0.1) is 17.8 Å². The number of pyridine rings is 1. The minimum atomic E-state index is -4.58. The summed E-state index contributed by atoms with van der Waals surface area (Å²) in [6.45, 7) is 6.88. The van der Waals surface area contributed by atoms with Gasteiger partial charge >= 0.3 is 6.18 Å². The van der Waals surface area contributed by atoms with Gasteiger partial charge in [-0.05, 0) is 50.7 Å². The number of aromatic nitrogens is 3. The molecule has 2 aliphatic carbocycles. The van der Waals surface area contributed by atoms with Gasteiger partial charge in [0.1, 0.15) is 5.82 Å². The second kappa shape index (κ2) is 8.99. The summed E-state index contributed by atoms with van der Waals surface area (Å²) in [5.74, 6) is 0.856. The molecular formula is C24H31F5N6. The average molecular weight is 499 g/mol. The van der Waals surface area contributed by atoms with Crippen molar-refractivity contribution < 1.29 is 22.0 Å². The van der Waals surface area contributed by atoms with Crippen LogP contribution >= 0.6 is 0 Å². The van der Waals surface area contributed by atoms with Crippen molar-refractivity contribution in [3.05, 3.63) is 29.6 Å². The summed E-state index contributed by atoms with van der Waals surface area (Å²) in [6.07, 6.45) is -3.40. The molecule has 6 nitrogen and oxygen atoms in total.